The molecule has 0 bridgehead atoms. The van der Waals surface area contributed by atoms with Crippen LogP contribution in [0.5, 0.6) is 0 Å². The summed E-state index contributed by atoms with van der Waals surface area (Å²) in [6.45, 7) is 2.01. The van der Waals surface area contributed by atoms with Gasteiger partial charge in [0.1, 0.15) is 17.7 Å². The van der Waals surface area contributed by atoms with E-state index in [4.69, 9.17) is 0 Å². The van der Waals surface area contributed by atoms with Crippen LogP contribution in [0.2, 0.25) is 0 Å². The molecule has 32 heavy (non-hydrogen) atoms. The Balaban J connectivity index is 1.41. The summed E-state index contributed by atoms with van der Waals surface area (Å²) in [5, 5.41) is 2.90. The lowest BCUT2D eigenvalue weighted by Crippen LogP contribution is -2.33. The molecule has 1 aromatic heterocycles. The smallest absolute Gasteiger partial charge is 0.261 e. The van der Waals surface area contributed by atoms with Gasteiger partial charge < -0.3 is 9.88 Å². The van der Waals surface area contributed by atoms with Gasteiger partial charge in [0.25, 0.3) is 11.8 Å². The van der Waals surface area contributed by atoms with Gasteiger partial charge in [-0.1, -0.05) is 23.8 Å². The maximum absolute atomic E-state index is 13.8. The third-order valence-corrected chi connectivity index (χ3v) is 5.52. The van der Waals surface area contributed by atoms with Crippen LogP contribution in [-0.2, 0) is 11.8 Å². The number of aryl methyl sites for hydroxylation is 2. The molecule has 0 saturated carbocycles. The third-order valence-electron chi connectivity index (χ3n) is 5.52. The third kappa shape index (κ3) is 4.16. The molecule has 3 aromatic rings. The summed E-state index contributed by atoms with van der Waals surface area (Å²) in [6, 6.07) is 10.5. The first kappa shape index (κ1) is 21.4. The Kier molecular flexibility index (Phi) is 5.85. The van der Waals surface area contributed by atoms with Crippen LogP contribution < -0.4 is 5.32 Å². The Hall–Kier alpha value is -3.81. The minimum absolute atomic E-state index is 0.0999. The van der Waals surface area contributed by atoms with Gasteiger partial charge in [0, 0.05) is 32.4 Å². The minimum Gasteiger partial charge on any atom is -0.342 e. The summed E-state index contributed by atoms with van der Waals surface area (Å²) in [5.41, 5.74) is 2.28. The lowest BCUT2D eigenvalue weighted by Gasteiger charge is -2.20. The topological polar surface area (TPSA) is 84.3 Å². The number of imidazole rings is 1. The van der Waals surface area contributed by atoms with E-state index in [9.17, 15) is 18.8 Å². The monoisotopic (exact) mass is 434 g/mol. The fourth-order valence-corrected chi connectivity index (χ4v) is 3.88. The van der Waals surface area contributed by atoms with E-state index >= 15 is 0 Å². The molecule has 4 rings (SSSR count). The second-order valence-corrected chi connectivity index (χ2v) is 7.87. The first-order chi connectivity index (χ1) is 15.3. The van der Waals surface area contributed by atoms with Gasteiger partial charge in [-0.2, -0.15) is 0 Å². The summed E-state index contributed by atoms with van der Waals surface area (Å²) in [6.07, 6.45) is 3.77. The molecule has 0 fully saturated rings. The van der Waals surface area contributed by atoms with Crippen molar-refractivity contribution in [2.75, 3.05) is 6.54 Å². The molecule has 1 aliphatic rings. The summed E-state index contributed by atoms with van der Waals surface area (Å²) >= 11 is 0. The highest BCUT2D eigenvalue weighted by Gasteiger charge is 2.35. The van der Waals surface area contributed by atoms with E-state index in [-0.39, 0.29) is 30.7 Å². The summed E-state index contributed by atoms with van der Waals surface area (Å²) in [4.78, 5) is 43.3. The number of rotatable bonds is 7. The molecule has 7 nitrogen and oxygen atoms in total. The zero-order chi connectivity index (χ0) is 22.8. The molecule has 1 N–H and O–H groups in total. The number of hydrogen-bond acceptors (Lipinski definition) is 4. The van der Waals surface area contributed by atoms with Crippen molar-refractivity contribution in [3.63, 3.8) is 0 Å². The lowest BCUT2D eigenvalue weighted by atomic mass is 10.1. The molecule has 1 aliphatic heterocycles. The van der Waals surface area contributed by atoms with Gasteiger partial charge in [0.05, 0.1) is 11.1 Å². The molecule has 0 unspecified atom stereocenters. The number of nitrogens with one attached hydrogen (secondary N) is 1. The van der Waals surface area contributed by atoms with Crippen LogP contribution in [0.4, 0.5) is 4.39 Å². The van der Waals surface area contributed by atoms with E-state index in [0.29, 0.717) is 28.9 Å². The number of amides is 3. The van der Waals surface area contributed by atoms with Gasteiger partial charge in [-0.25, -0.2) is 9.37 Å². The van der Waals surface area contributed by atoms with Gasteiger partial charge in [-0.15, -0.1) is 0 Å². The average molecular weight is 434 g/mol. The predicted molar refractivity (Wildman–Crippen MR) is 115 cm³/mol. The number of nitrogens with zero attached hydrogens (tertiary/aromatic N) is 3. The predicted octanol–water partition coefficient (Wildman–Crippen LogP) is 3.15. The molecule has 2 aromatic carbocycles. The first-order valence-corrected chi connectivity index (χ1v) is 10.3. The maximum Gasteiger partial charge on any atom is 0.261 e. The van der Waals surface area contributed by atoms with Crippen LogP contribution >= 0.6 is 0 Å². The number of benzene rings is 2. The van der Waals surface area contributed by atoms with E-state index < -0.39 is 11.9 Å². The Morgan fingerprint density at radius 1 is 1.12 bits per heavy atom. The Morgan fingerprint density at radius 3 is 2.62 bits per heavy atom. The van der Waals surface area contributed by atoms with Crippen molar-refractivity contribution in [1.29, 1.82) is 0 Å². The largest absolute Gasteiger partial charge is 0.342 e. The zero-order valence-electron chi connectivity index (χ0n) is 17.8. The Bertz CT molecular complexity index is 1200. The second kappa shape index (κ2) is 8.74. The normalized spacial score (nSPS) is 13.9. The fraction of sp³-hybridized carbons (Fsp3) is 0.250. The van der Waals surface area contributed by atoms with E-state index in [1.165, 1.54) is 17.0 Å². The number of imide groups is 1. The van der Waals surface area contributed by atoms with Crippen molar-refractivity contribution in [1.82, 2.24) is 19.8 Å². The van der Waals surface area contributed by atoms with Gasteiger partial charge in [0.2, 0.25) is 5.91 Å². The molecule has 8 heteroatoms. The van der Waals surface area contributed by atoms with Crippen LogP contribution in [0, 0.1) is 12.7 Å². The summed E-state index contributed by atoms with van der Waals surface area (Å²) < 4.78 is 15.5. The van der Waals surface area contributed by atoms with E-state index in [1.807, 2.05) is 6.92 Å². The molecule has 164 valence electrons. The van der Waals surface area contributed by atoms with Gasteiger partial charge in [0.15, 0.2) is 0 Å². The van der Waals surface area contributed by atoms with E-state index in [2.05, 4.69) is 10.3 Å². The van der Waals surface area contributed by atoms with Crippen LogP contribution in [-0.4, -0.2) is 38.7 Å². The number of aromatic nitrogens is 2. The van der Waals surface area contributed by atoms with Crippen molar-refractivity contribution in [2.24, 2.45) is 7.05 Å². The number of fused-ring (bicyclic) bond motifs is 1. The van der Waals surface area contributed by atoms with Gasteiger partial charge in [-0.05, 0) is 43.2 Å². The van der Waals surface area contributed by atoms with Crippen molar-refractivity contribution >= 4 is 17.7 Å². The Morgan fingerprint density at radius 2 is 1.91 bits per heavy atom. The van der Waals surface area contributed by atoms with Crippen molar-refractivity contribution in [3.05, 3.63) is 88.8 Å². The van der Waals surface area contributed by atoms with Gasteiger partial charge >= 0.3 is 0 Å². The van der Waals surface area contributed by atoms with E-state index in [1.54, 1.807) is 54.3 Å². The highest BCUT2D eigenvalue weighted by Crippen LogP contribution is 2.25. The van der Waals surface area contributed by atoms with Crippen LogP contribution in [0.3, 0.4) is 0 Å². The highest BCUT2D eigenvalue weighted by atomic mass is 19.1. The van der Waals surface area contributed by atoms with Crippen LogP contribution in [0.1, 0.15) is 56.6 Å². The summed E-state index contributed by atoms with van der Waals surface area (Å²) in [7, 11) is 1.80. The molecular weight excluding hydrogens is 411 g/mol. The van der Waals surface area contributed by atoms with Crippen LogP contribution in [0.25, 0.3) is 0 Å². The average Bonchev–Trinajstić information content (AvgIpc) is 3.28. The van der Waals surface area contributed by atoms with Crippen molar-refractivity contribution in [3.8, 4) is 0 Å². The maximum atomic E-state index is 13.8. The van der Waals surface area contributed by atoms with E-state index in [0.717, 1.165) is 5.56 Å². The highest BCUT2D eigenvalue weighted by molar-refractivity contribution is 6.21. The van der Waals surface area contributed by atoms with Gasteiger partial charge in [-0.3, -0.25) is 19.3 Å². The van der Waals surface area contributed by atoms with Crippen molar-refractivity contribution < 1.29 is 18.8 Å². The SMILES string of the molecule is Cc1ccc2c(c1)C(=O)N(CCCC(=O)N[C@H](c1cccc(F)c1)c1nccn1C)C2=O. The lowest BCUT2D eigenvalue weighted by molar-refractivity contribution is -0.121. The molecule has 1 atom stereocenters. The first-order valence-electron chi connectivity index (χ1n) is 10.3. The number of halogens is 1. The zero-order valence-corrected chi connectivity index (χ0v) is 17.8. The molecule has 0 aliphatic carbocycles. The fourth-order valence-electron chi connectivity index (χ4n) is 3.88. The number of carbonyl (C=O) groups is 3. The molecule has 2 heterocycles. The standard InChI is InChI=1S/C24H23FN4O3/c1-15-8-9-18-19(13-15)24(32)29(23(18)31)11-4-7-20(30)27-21(22-26-10-12-28(22)2)16-5-3-6-17(25)14-16/h3,5-6,8-10,12-14,21H,4,7,11H2,1-2H3,(H,27,30)/t21-/m1/s1. The number of hydrogen-bond donors (Lipinski definition) is 1. The molecular formula is C24H23FN4O3. The van der Waals surface area contributed by atoms with Crippen LogP contribution in [0.15, 0.2) is 54.9 Å². The van der Waals surface area contributed by atoms with Crippen molar-refractivity contribution in [2.45, 2.75) is 25.8 Å². The molecule has 0 spiro atoms. The summed E-state index contributed by atoms with van der Waals surface area (Å²) in [5.74, 6) is -0.790. The number of carbonyl (C=O) groups excluding carboxylic acids is 3. The minimum atomic E-state index is -0.625. The Labute approximate surface area is 184 Å². The molecule has 0 radical (unpaired) electrons. The molecule has 3 amide bonds. The second-order valence-electron chi connectivity index (χ2n) is 7.87. The quantitative estimate of drug-likeness (QED) is 0.579. The molecule has 0 saturated heterocycles.